The van der Waals surface area contributed by atoms with Gasteiger partial charge in [0.1, 0.15) is 5.75 Å². The van der Waals surface area contributed by atoms with Crippen molar-refractivity contribution in [2.45, 2.75) is 25.7 Å². The molecule has 1 aromatic carbocycles. The molecule has 28 heavy (non-hydrogen) atoms. The van der Waals surface area contributed by atoms with E-state index in [9.17, 15) is 18.0 Å². The van der Waals surface area contributed by atoms with E-state index in [4.69, 9.17) is 4.74 Å². The fourth-order valence-corrected chi connectivity index (χ4v) is 5.05. The Bertz CT molecular complexity index is 803. The molecule has 2 aliphatic heterocycles. The SMILES string of the molecule is COc1ccc(N2CC(C(=O)NCCS(=O)(=O)N3CCCCC3)CC2=O)cc1. The lowest BCUT2D eigenvalue weighted by molar-refractivity contribution is -0.126. The molecule has 2 heterocycles. The molecule has 0 spiro atoms. The Kier molecular flexibility index (Phi) is 6.56. The maximum atomic E-state index is 12.4. The molecule has 1 atom stereocenters. The van der Waals surface area contributed by atoms with Crippen LogP contribution in [0.1, 0.15) is 25.7 Å². The number of sulfonamides is 1. The third kappa shape index (κ3) is 4.82. The smallest absolute Gasteiger partial charge is 0.227 e. The molecule has 8 nitrogen and oxygen atoms in total. The van der Waals surface area contributed by atoms with Gasteiger partial charge >= 0.3 is 0 Å². The lowest BCUT2D eigenvalue weighted by Crippen LogP contribution is -2.41. The number of carbonyl (C=O) groups excluding carboxylic acids is 2. The predicted octanol–water partition coefficient (Wildman–Crippen LogP) is 0.980. The number of nitrogens with zero attached hydrogens (tertiary/aromatic N) is 2. The van der Waals surface area contributed by atoms with Gasteiger partial charge in [-0.25, -0.2) is 12.7 Å². The van der Waals surface area contributed by atoms with Crippen LogP contribution in [0, 0.1) is 5.92 Å². The minimum atomic E-state index is -3.34. The van der Waals surface area contributed by atoms with Gasteiger partial charge in [-0.05, 0) is 37.1 Å². The highest BCUT2D eigenvalue weighted by atomic mass is 32.2. The first-order valence-electron chi connectivity index (χ1n) is 9.60. The van der Waals surface area contributed by atoms with E-state index in [0.29, 0.717) is 24.5 Å². The predicted molar refractivity (Wildman–Crippen MR) is 106 cm³/mol. The van der Waals surface area contributed by atoms with E-state index >= 15 is 0 Å². The van der Waals surface area contributed by atoms with Crippen molar-refractivity contribution in [3.63, 3.8) is 0 Å². The van der Waals surface area contributed by atoms with Crippen LogP contribution >= 0.6 is 0 Å². The van der Waals surface area contributed by atoms with Crippen LogP contribution in [0.5, 0.6) is 5.75 Å². The van der Waals surface area contributed by atoms with E-state index in [1.165, 1.54) is 4.31 Å². The number of methoxy groups -OCH3 is 1. The monoisotopic (exact) mass is 409 g/mol. The molecule has 0 saturated carbocycles. The van der Waals surface area contributed by atoms with Gasteiger partial charge in [0, 0.05) is 38.3 Å². The molecule has 9 heteroatoms. The number of ether oxygens (including phenoxy) is 1. The van der Waals surface area contributed by atoms with E-state index in [2.05, 4.69) is 5.32 Å². The van der Waals surface area contributed by atoms with Crippen LogP contribution < -0.4 is 15.0 Å². The zero-order valence-corrected chi connectivity index (χ0v) is 16.9. The van der Waals surface area contributed by atoms with Gasteiger partial charge in [0.2, 0.25) is 21.8 Å². The molecule has 2 amide bonds. The van der Waals surface area contributed by atoms with E-state index in [1.54, 1.807) is 36.3 Å². The van der Waals surface area contributed by atoms with Crippen molar-refractivity contribution in [2.24, 2.45) is 5.92 Å². The zero-order valence-electron chi connectivity index (χ0n) is 16.1. The highest BCUT2D eigenvalue weighted by Gasteiger charge is 2.35. The van der Waals surface area contributed by atoms with Crippen molar-refractivity contribution in [3.05, 3.63) is 24.3 Å². The normalized spacial score (nSPS) is 21.0. The van der Waals surface area contributed by atoms with Crippen LogP contribution in [-0.4, -0.2) is 63.6 Å². The summed E-state index contributed by atoms with van der Waals surface area (Å²) in [5.41, 5.74) is 0.716. The van der Waals surface area contributed by atoms with Gasteiger partial charge in [0.05, 0.1) is 18.8 Å². The van der Waals surface area contributed by atoms with E-state index in [0.717, 1.165) is 19.3 Å². The summed E-state index contributed by atoms with van der Waals surface area (Å²) >= 11 is 0. The average molecular weight is 410 g/mol. The second-order valence-electron chi connectivity index (χ2n) is 7.17. The minimum Gasteiger partial charge on any atom is -0.497 e. The van der Waals surface area contributed by atoms with Crippen molar-refractivity contribution in [2.75, 3.05) is 43.9 Å². The first-order chi connectivity index (χ1) is 13.4. The highest BCUT2D eigenvalue weighted by molar-refractivity contribution is 7.89. The number of hydrogen-bond acceptors (Lipinski definition) is 5. The van der Waals surface area contributed by atoms with Gasteiger partial charge in [0.25, 0.3) is 0 Å². The molecule has 0 radical (unpaired) electrons. The van der Waals surface area contributed by atoms with Gasteiger partial charge < -0.3 is 15.0 Å². The number of benzene rings is 1. The van der Waals surface area contributed by atoms with Gasteiger partial charge in [-0.3, -0.25) is 9.59 Å². The molecule has 1 unspecified atom stereocenters. The van der Waals surface area contributed by atoms with E-state index in [1.807, 2.05) is 0 Å². The van der Waals surface area contributed by atoms with Gasteiger partial charge in [-0.2, -0.15) is 0 Å². The lowest BCUT2D eigenvalue weighted by Gasteiger charge is -2.25. The number of amides is 2. The molecule has 2 fully saturated rings. The number of nitrogens with one attached hydrogen (secondary N) is 1. The third-order valence-electron chi connectivity index (χ3n) is 5.25. The molecule has 0 aliphatic carbocycles. The number of anilines is 1. The molecule has 1 aromatic rings. The van der Waals surface area contributed by atoms with Crippen LogP contribution in [0.4, 0.5) is 5.69 Å². The fourth-order valence-electron chi connectivity index (χ4n) is 3.61. The first kappa shape index (κ1) is 20.6. The van der Waals surface area contributed by atoms with Gasteiger partial charge in [0.15, 0.2) is 0 Å². The maximum absolute atomic E-state index is 12.4. The Hall–Kier alpha value is -2.13. The number of rotatable bonds is 7. The third-order valence-corrected chi connectivity index (χ3v) is 7.12. The molecule has 2 aliphatic rings. The molecule has 154 valence electrons. The Morgan fingerprint density at radius 1 is 1.18 bits per heavy atom. The summed E-state index contributed by atoms with van der Waals surface area (Å²) in [6.45, 7) is 1.47. The van der Waals surface area contributed by atoms with Crippen LogP contribution in [-0.2, 0) is 19.6 Å². The molecular weight excluding hydrogens is 382 g/mol. The van der Waals surface area contributed by atoms with Gasteiger partial charge in [-0.1, -0.05) is 6.42 Å². The summed E-state index contributed by atoms with van der Waals surface area (Å²) in [5.74, 6) is -0.293. The summed E-state index contributed by atoms with van der Waals surface area (Å²) in [6.07, 6.45) is 2.95. The molecular formula is C19H27N3O5S. The highest BCUT2D eigenvalue weighted by Crippen LogP contribution is 2.26. The summed E-state index contributed by atoms with van der Waals surface area (Å²) in [5, 5.41) is 2.69. The summed E-state index contributed by atoms with van der Waals surface area (Å²) in [4.78, 5) is 26.3. The van der Waals surface area contributed by atoms with Crippen LogP contribution in [0.2, 0.25) is 0 Å². The average Bonchev–Trinajstić information content (AvgIpc) is 3.10. The number of hydrogen-bond donors (Lipinski definition) is 1. The molecule has 0 aromatic heterocycles. The Balaban J connectivity index is 1.50. The zero-order chi connectivity index (χ0) is 20.1. The molecule has 2 saturated heterocycles. The fraction of sp³-hybridized carbons (Fsp3) is 0.579. The van der Waals surface area contributed by atoms with Crippen molar-refractivity contribution in [1.29, 1.82) is 0 Å². The minimum absolute atomic E-state index is 0.0604. The van der Waals surface area contributed by atoms with Crippen LogP contribution in [0.3, 0.4) is 0 Å². The van der Waals surface area contributed by atoms with E-state index in [-0.39, 0.29) is 37.1 Å². The molecule has 1 N–H and O–H groups in total. The second-order valence-corrected chi connectivity index (χ2v) is 9.26. The van der Waals surface area contributed by atoms with Crippen LogP contribution in [0.15, 0.2) is 24.3 Å². The Morgan fingerprint density at radius 3 is 2.50 bits per heavy atom. The second kappa shape index (κ2) is 8.91. The lowest BCUT2D eigenvalue weighted by atomic mass is 10.1. The maximum Gasteiger partial charge on any atom is 0.227 e. The van der Waals surface area contributed by atoms with Crippen molar-refractivity contribution < 1.29 is 22.7 Å². The van der Waals surface area contributed by atoms with Crippen molar-refractivity contribution in [3.8, 4) is 5.75 Å². The summed E-state index contributed by atoms with van der Waals surface area (Å²) in [6, 6.07) is 7.09. The van der Waals surface area contributed by atoms with Gasteiger partial charge in [-0.15, -0.1) is 0 Å². The number of piperidine rings is 1. The molecule has 0 bridgehead atoms. The summed E-state index contributed by atoms with van der Waals surface area (Å²) < 4.78 is 31.3. The van der Waals surface area contributed by atoms with Crippen molar-refractivity contribution in [1.82, 2.24) is 9.62 Å². The van der Waals surface area contributed by atoms with E-state index < -0.39 is 15.9 Å². The van der Waals surface area contributed by atoms with Crippen LogP contribution in [0.25, 0.3) is 0 Å². The largest absolute Gasteiger partial charge is 0.497 e. The Labute approximate surface area is 165 Å². The van der Waals surface area contributed by atoms with Crippen molar-refractivity contribution >= 4 is 27.5 Å². The first-order valence-corrected chi connectivity index (χ1v) is 11.2. The molecule has 3 rings (SSSR count). The summed E-state index contributed by atoms with van der Waals surface area (Å²) in [7, 11) is -1.77. The Morgan fingerprint density at radius 2 is 1.86 bits per heavy atom. The standard InChI is InChI=1S/C19H27N3O5S/c1-27-17-7-5-16(6-8-17)22-14-15(13-18(22)23)19(24)20-9-12-28(25,26)21-10-3-2-4-11-21/h5-8,15H,2-4,9-14H2,1H3,(H,20,24). The topological polar surface area (TPSA) is 96.0 Å². The number of carbonyl (C=O) groups is 2. The quantitative estimate of drug-likeness (QED) is 0.724.